The Morgan fingerprint density at radius 2 is 1.87 bits per heavy atom. The third-order valence-corrected chi connectivity index (χ3v) is 3.77. The Balaban J connectivity index is 2.16. The van der Waals surface area contributed by atoms with Crippen molar-refractivity contribution in [2.24, 2.45) is 0 Å². The number of anilines is 1. The standard InChI is InChI=1S/C18H21FN2O2/c1-4-21(13(2)14-9-11-15(19)12-10-14)18(22)20-16-7-5-6-8-17(16)23-3/h5-13H,4H2,1-3H3,(H,20,22)/t13-/m1/s1. The highest BCUT2D eigenvalue weighted by Gasteiger charge is 2.20. The van der Waals surface area contributed by atoms with Crippen LogP contribution in [0.4, 0.5) is 14.9 Å². The third-order valence-electron chi connectivity index (χ3n) is 3.77. The number of hydrogen-bond donors (Lipinski definition) is 1. The summed E-state index contributed by atoms with van der Waals surface area (Å²) in [4.78, 5) is 14.3. The van der Waals surface area contributed by atoms with Crippen LogP contribution in [0.5, 0.6) is 5.75 Å². The first kappa shape index (κ1) is 16.8. The number of amides is 2. The van der Waals surface area contributed by atoms with Crippen LogP contribution in [0.15, 0.2) is 48.5 Å². The van der Waals surface area contributed by atoms with E-state index in [9.17, 15) is 9.18 Å². The lowest BCUT2D eigenvalue weighted by molar-refractivity contribution is 0.197. The Morgan fingerprint density at radius 1 is 1.22 bits per heavy atom. The second kappa shape index (κ2) is 7.63. The molecular formula is C18H21FN2O2. The molecule has 0 bridgehead atoms. The van der Waals surface area contributed by atoms with Gasteiger partial charge in [-0.15, -0.1) is 0 Å². The van der Waals surface area contributed by atoms with Crippen LogP contribution < -0.4 is 10.1 Å². The van der Waals surface area contributed by atoms with Crippen molar-refractivity contribution in [3.05, 3.63) is 59.9 Å². The number of carbonyl (C=O) groups is 1. The number of benzene rings is 2. The molecule has 2 aromatic carbocycles. The molecule has 0 unspecified atom stereocenters. The lowest BCUT2D eigenvalue weighted by atomic mass is 10.1. The molecule has 23 heavy (non-hydrogen) atoms. The van der Waals surface area contributed by atoms with E-state index in [0.717, 1.165) is 5.56 Å². The lowest BCUT2D eigenvalue weighted by Crippen LogP contribution is -2.37. The number of para-hydroxylation sites is 2. The molecule has 4 nitrogen and oxygen atoms in total. The average molecular weight is 316 g/mol. The quantitative estimate of drug-likeness (QED) is 0.885. The highest BCUT2D eigenvalue weighted by molar-refractivity contribution is 5.91. The van der Waals surface area contributed by atoms with Gasteiger partial charge >= 0.3 is 6.03 Å². The topological polar surface area (TPSA) is 41.6 Å². The Bertz CT molecular complexity index is 658. The summed E-state index contributed by atoms with van der Waals surface area (Å²) in [6, 6.07) is 13.0. The second-order valence-corrected chi connectivity index (χ2v) is 5.14. The molecule has 2 aromatic rings. The van der Waals surface area contributed by atoms with Crippen molar-refractivity contribution in [3.8, 4) is 5.75 Å². The maximum atomic E-state index is 13.1. The monoisotopic (exact) mass is 316 g/mol. The van der Waals surface area contributed by atoms with Crippen LogP contribution in [0.25, 0.3) is 0 Å². The smallest absolute Gasteiger partial charge is 0.322 e. The van der Waals surface area contributed by atoms with Crippen LogP contribution in [0.1, 0.15) is 25.5 Å². The number of carbonyl (C=O) groups excluding carboxylic acids is 1. The summed E-state index contributed by atoms with van der Waals surface area (Å²) < 4.78 is 18.3. The molecule has 2 rings (SSSR count). The zero-order chi connectivity index (χ0) is 16.8. The molecule has 0 aromatic heterocycles. The highest BCUT2D eigenvalue weighted by atomic mass is 19.1. The van der Waals surface area contributed by atoms with Gasteiger partial charge in [-0.05, 0) is 43.7 Å². The number of nitrogens with one attached hydrogen (secondary N) is 1. The van der Waals surface area contributed by atoms with Gasteiger partial charge in [-0.1, -0.05) is 24.3 Å². The molecule has 0 aliphatic heterocycles. The highest BCUT2D eigenvalue weighted by Crippen LogP contribution is 2.26. The van der Waals surface area contributed by atoms with Gasteiger partial charge in [-0.25, -0.2) is 9.18 Å². The van der Waals surface area contributed by atoms with E-state index < -0.39 is 0 Å². The van der Waals surface area contributed by atoms with E-state index in [1.807, 2.05) is 26.0 Å². The molecule has 0 saturated carbocycles. The van der Waals surface area contributed by atoms with Crippen LogP contribution in [0, 0.1) is 5.82 Å². The van der Waals surface area contributed by atoms with Crippen molar-refractivity contribution < 1.29 is 13.9 Å². The SMILES string of the molecule is CCN(C(=O)Nc1ccccc1OC)[C@H](C)c1ccc(F)cc1. The Kier molecular flexibility index (Phi) is 5.57. The normalized spacial score (nSPS) is 11.7. The van der Waals surface area contributed by atoms with Crippen molar-refractivity contribution in [1.29, 1.82) is 0 Å². The van der Waals surface area contributed by atoms with Crippen LogP contribution in [0.3, 0.4) is 0 Å². The molecule has 0 spiro atoms. The Hall–Kier alpha value is -2.56. The predicted octanol–water partition coefficient (Wildman–Crippen LogP) is 4.45. The fourth-order valence-corrected chi connectivity index (χ4v) is 2.45. The minimum atomic E-state index is -0.289. The summed E-state index contributed by atoms with van der Waals surface area (Å²) >= 11 is 0. The summed E-state index contributed by atoms with van der Waals surface area (Å²) in [5, 5.41) is 2.86. The molecular weight excluding hydrogens is 295 g/mol. The number of rotatable bonds is 5. The number of nitrogens with zero attached hydrogens (tertiary/aromatic N) is 1. The fraction of sp³-hybridized carbons (Fsp3) is 0.278. The number of methoxy groups -OCH3 is 1. The predicted molar refractivity (Wildman–Crippen MR) is 89.2 cm³/mol. The molecule has 1 atom stereocenters. The molecule has 0 saturated heterocycles. The summed E-state index contributed by atoms with van der Waals surface area (Å²) in [7, 11) is 1.56. The largest absolute Gasteiger partial charge is 0.495 e. The molecule has 122 valence electrons. The van der Waals surface area contributed by atoms with Gasteiger partial charge < -0.3 is 15.0 Å². The van der Waals surface area contributed by atoms with E-state index in [0.29, 0.717) is 18.0 Å². The van der Waals surface area contributed by atoms with Gasteiger partial charge in [0.2, 0.25) is 0 Å². The van der Waals surface area contributed by atoms with Crippen LogP contribution in [-0.2, 0) is 0 Å². The van der Waals surface area contributed by atoms with Gasteiger partial charge in [0.25, 0.3) is 0 Å². The summed E-state index contributed by atoms with van der Waals surface area (Å²) in [5.74, 6) is 0.314. The summed E-state index contributed by atoms with van der Waals surface area (Å²) in [5.41, 5.74) is 1.49. The van der Waals surface area contributed by atoms with Crippen molar-refractivity contribution >= 4 is 11.7 Å². The van der Waals surface area contributed by atoms with Crippen LogP contribution >= 0.6 is 0 Å². The average Bonchev–Trinajstić information content (AvgIpc) is 2.56. The first-order valence-corrected chi connectivity index (χ1v) is 7.53. The molecule has 5 heteroatoms. The Morgan fingerprint density at radius 3 is 2.48 bits per heavy atom. The van der Waals surface area contributed by atoms with E-state index in [-0.39, 0.29) is 17.9 Å². The van der Waals surface area contributed by atoms with E-state index in [1.165, 1.54) is 12.1 Å². The number of hydrogen-bond acceptors (Lipinski definition) is 2. The zero-order valence-corrected chi connectivity index (χ0v) is 13.5. The van der Waals surface area contributed by atoms with Gasteiger partial charge in [-0.3, -0.25) is 0 Å². The first-order chi connectivity index (χ1) is 11.1. The fourth-order valence-electron chi connectivity index (χ4n) is 2.45. The van der Waals surface area contributed by atoms with Gasteiger partial charge in [-0.2, -0.15) is 0 Å². The third kappa shape index (κ3) is 4.00. The first-order valence-electron chi connectivity index (χ1n) is 7.53. The molecule has 0 aliphatic carbocycles. The number of ether oxygens (including phenoxy) is 1. The molecule has 0 heterocycles. The van der Waals surface area contributed by atoms with Gasteiger partial charge in [0.15, 0.2) is 0 Å². The van der Waals surface area contributed by atoms with Crippen molar-refractivity contribution in [3.63, 3.8) is 0 Å². The lowest BCUT2D eigenvalue weighted by Gasteiger charge is -2.28. The van der Waals surface area contributed by atoms with Gasteiger partial charge in [0.1, 0.15) is 11.6 Å². The number of halogens is 1. The summed E-state index contributed by atoms with van der Waals surface area (Å²) in [6.07, 6.45) is 0. The van der Waals surface area contributed by atoms with Crippen molar-refractivity contribution in [2.75, 3.05) is 19.0 Å². The molecule has 0 fully saturated rings. The molecule has 0 radical (unpaired) electrons. The van der Waals surface area contributed by atoms with Gasteiger partial charge in [0.05, 0.1) is 18.8 Å². The minimum Gasteiger partial charge on any atom is -0.495 e. The van der Waals surface area contributed by atoms with E-state index >= 15 is 0 Å². The molecule has 1 N–H and O–H groups in total. The van der Waals surface area contributed by atoms with E-state index in [1.54, 1.807) is 36.3 Å². The van der Waals surface area contributed by atoms with Crippen LogP contribution in [-0.4, -0.2) is 24.6 Å². The van der Waals surface area contributed by atoms with Crippen molar-refractivity contribution in [2.45, 2.75) is 19.9 Å². The van der Waals surface area contributed by atoms with E-state index in [2.05, 4.69) is 5.32 Å². The van der Waals surface area contributed by atoms with Crippen molar-refractivity contribution in [1.82, 2.24) is 4.90 Å². The molecule has 0 aliphatic rings. The molecule has 2 amide bonds. The second-order valence-electron chi connectivity index (χ2n) is 5.14. The maximum Gasteiger partial charge on any atom is 0.322 e. The van der Waals surface area contributed by atoms with E-state index in [4.69, 9.17) is 4.74 Å². The maximum absolute atomic E-state index is 13.1. The summed E-state index contributed by atoms with van der Waals surface area (Å²) in [6.45, 7) is 4.35. The Labute approximate surface area is 135 Å². The number of urea groups is 1. The van der Waals surface area contributed by atoms with Crippen LogP contribution in [0.2, 0.25) is 0 Å². The minimum absolute atomic E-state index is 0.171. The van der Waals surface area contributed by atoms with Gasteiger partial charge in [0, 0.05) is 6.54 Å². The zero-order valence-electron chi connectivity index (χ0n) is 13.5.